The SMILES string of the molecule is Fc1ccc(CC(CBr)c2ccccc2Cl)cc1Br. The molecule has 19 heavy (non-hydrogen) atoms. The van der Waals surface area contributed by atoms with E-state index in [0.717, 1.165) is 27.9 Å². The molecule has 4 heteroatoms. The minimum absolute atomic E-state index is 0.239. The van der Waals surface area contributed by atoms with E-state index in [-0.39, 0.29) is 11.7 Å². The Morgan fingerprint density at radius 3 is 2.53 bits per heavy atom. The second kappa shape index (κ2) is 6.87. The van der Waals surface area contributed by atoms with E-state index >= 15 is 0 Å². The van der Waals surface area contributed by atoms with Gasteiger partial charge in [0.15, 0.2) is 0 Å². The monoisotopic (exact) mass is 404 g/mol. The molecule has 0 spiro atoms. The maximum Gasteiger partial charge on any atom is 0.137 e. The molecule has 0 N–H and O–H groups in total. The molecule has 0 heterocycles. The zero-order chi connectivity index (χ0) is 13.8. The Morgan fingerprint density at radius 1 is 1.16 bits per heavy atom. The van der Waals surface area contributed by atoms with Crippen LogP contribution in [0.15, 0.2) is 46.9 Å². The molecule has 0 aromatic heterocycles. The lowest BCUT2D eigenvalue weighted by Gasteiger charge is -2.16. The summed E-state index contributed by atoms with van der Waals surface area (Å²) in [4.78, 5) is 0. The summed E-state index contributed by atoms with van der Waals surface area (Å²) in [5.74, 6) is 0.0305. The molecule has 0 fully saturated rings. The molecule has 0 aliphatic heterocycles. The number of hydrogen-bond donors (Lipinski definition) is 0. The molecule has 1 atom stereocenters. The van der Waals surface area contributed by atoms with Crippen molar-refractivity contribution in [2.75, 3.05) is 5.33 Å². The first kappa shape index (κ1) is 15.0. The molecule has 0 saturated carbocycles. The highest BCUT2D eigenvalue weighted by atomic mass is 79.9. The average molecular weight is 407 g/mol. The molecule has 0 aliphatic rings. The fourth-order valence-electron chi connectivity index (χ4n) is 2.00. The largest absolute Gasteiger partial charge is 0.206 e. The van der Waals surface area contributed by atoms with Crippen LogP contribution in [0.25, 0.3) is 0 Å². The van der Waals surface area contributed by atoms with Crippen molar-refractivity contribution in [3.8, 4) is 0 Å². The summed E-state index contributed by atoms with van der Waals surface area (Å²) in [5, 5.41) is 1.58. The van der Waals surface area contributed by atoms with Crippen molar-refractivity contribution < 1.29 is 4.39 Å². The second-order valence-corrected chi connectivity index (χ2v) is 6.23. The van der Waals surface area contributed by atoms with Crippen LogP contribution in [0.2, 0.25) is 5.02 Å². The molecule has 0 saturated heterocycles. The number of benzene rings is 2. The second-order valence-electron chi connectivity index (χ2n) is 4.33. The van der Waals surface area contributed by atoms with E-state index in [1.807, 2.05) is 36.4 Å². The maximum absolute atomic E-state index is 13.2. The Kier molecular flexibility index (Phi) is 5.43. The Bertz CT molecular complexity index is 572. The van der Waals surface area contributed by atoms with Gasteiger partial charge >= 0.3 is 0 Å². The fourth-order valence-corrected chi connectivity index (χ4v) is 3.30. The maximum atomic E-state index is 13.2. The Balaban J connectivity index is 2.24. The molecule has 2 aromatic carbocycles. The van der Waals surface area contributed by atoms with Crippen molar-refractivity contribution >= 4 is 43.5 Å². The van der Waals surface area contributed by atoms with Crippen LogP contribution in [0.1, 0.15) is 17.0 Å². The molecule has 0 amide bonds. The first-order chi connectivity index (χ1) is 9.11. The van der Waals surface area contributed by atoms with E-state index in [9.17, 15) is 4.39 Å². The lowest BCUT2D eigenvalue weighted by Crippen LogP contribution is -2.05. The van der Waals surface area contributed by atoms with Crippen LogP contribution in [0, 0.1) is 5.82 Å². The minimum Gasteiger partial charge on any atom is -0.206 e. The Morgan fingerprint density at radius 2 is 1.89 bits per heavy atom. The van der Waals surface area contributed by atoms with Crippen LogP contribution >= 0.6 is 43.5 Å². The average Bonchev–Trinajstić information content (AvgIpc) is 2.41. The lowest BCUT2D eigenvalue weighted by molar-refractivity contribution is 0.619. The van der Waals surface area contributed by atoms with Crippen molar-refractivity contribution in [3.63, 3.8) is 0 Å². The van der Waals surface area contributed by atoms with Gasteiger partial charge in [-0.05, 0) is 57.6 Å². The first-order valence-corrected chi connectivity index (χ1v) is 8.15. The van der Waals surface area contributed by atoms with E-state index in [1.54, 1.807) is 0 Å². The molecule has 0 nitrogen and oxygen atoms in total. The van der Waals surface area contributed by atoms with Crippen molar-refractivity contribution in [3.05, 3.63) is 68.9 Å². The van der Waals surface area contributed by atoms with Gasteiger partial charge in [0, 0.05) is 10.4 Å². The van der Waals surface area contributed by atoms with Crippen molar-refractivity contribution in [1.29, 1.82) is 0 Å². The topological polar surface area (TPSA) is 0 Å². The normalized spacial score (nSPS) is 12.4. The molecule has 1 unspecified atom stereocenters. The fraction of sp³-hybridized carbons (Fsp3) is 0.200. The third-order valence-corrected chi connectivity index (χ3v) is 4.73. The van der Waals surface area contributed by atoms with Gasteiger partial charge in [0.25, 0.3) is 0 Å². The van der Waals surface area contributed by atoms with Gasteiger partial charge in [-0.25, -0.2) is 4.39 Å². The van der Waals surface area contributed by atoms with Gasteiger partial charge in [-0.1, -0.05) is 51.8 Å². The standard InChI is InChI=1S/C15H12Br2ClF/c16-9-11(12-3-1-2-4-14(12)18)7-10-5-6-15(19)13(17)8-10/h1-6,8,11H,7,9H2. The van der Waals surface area contributed by atoms with Crippen LogP contribution in [0.5, 0.6) is 0 Å². The number of alkyl halides is 1. The zero-order valence-electron chi connectivity index (χ0n) is 10.0. The number of rotatable bonds is 4. The van der Waals surface area contributed by atoms with Crippen LogP contribution in [0.3, 0.4) is 0 Å². The number of hydrogen-bond acceptors (Lipinski definition) is 0. The summed E-state index contributed by atoms with van der Waals surface area (Å²) in [6, 6.07) is 13.0. The molecule has 0 bridgehead atoms. The quantitative estimate of drug-likeness (QED) is 0.550. The summed E-state index contributed by atoms with van der Waals surface area (Å²) in [6.07, 6.45) is 0.813. The third-order valence-electron chi connectivity index (χ3n) is 3.00. The van der Waals surface area contributed by atoms with Crippen LogP contribution in [0.4, 0.5) is 4.39 Å². The molecule has 100 valence electrons. The minimum atomic E-state index is -0.239. The molecule has 2 aromatic rings. The summed E-state index contributed by atoms with van der Waals surface area (Å²) in [6.45, 7) is 0. The van der Waals surface area contributed by atoms with E-state index in [0.29, 0.717) is 4.47 Å². The first-order valence-electron chi connectivity index (χ1n) is 5.86. The highest BCUT2D eigenvalue weighted by molar-refractivity contribution is 9.10. The Labute approximate surface area is 134 Å². The molecule has 0 aliphatic carbocycles. The zero-order valence-corrected chi connectivity index (χ0v) is 14.0. The van der Waals surface area contributed by atoms with Crippen molar-refractivity contribution in [2.24, 2.45) is 0 Å². The van der Waals surface area contributed by atoms with E-state index in [2.05, 4.69) is 31.9 Å². The van der Waals surface area contributed by atoms with Crippen molar-refractivity contribution in [2.45, 2.75) is 12.3 Å². The molecule has 0 radical (unpaired) electrons. The summed E-state index contributed by atoms with van der Waals surface area (Å²) >= 11 is 13.0. The van der Waals surface area contributed by atoms with Gasteiger partial charge in [0.2, 0.25) is 0 Å². The third kappa shape index (κ3) is 3.80. The van der Waals surface area contributed by atoms with Gasteiger partial charge < -0.3 is 0 Å². The van der Waals surface area contributed by atoms with E-state index in [1.165, 1.54) is 6.07 Å². The van der Waals surface area contributed by atoms with Crippen LogP contribution in [-0.2, 0) is 6.42 Å². The van der Waals surface area contributed by atoms with Gasteiger partial charge in [-0.3, -0.25) is 0 Å². The molecule has 2 rings (SSSR count). The van der Waals surface area contributed by atoms with Gasteiger partial charge in [0.1, 0.15) is 5.82 Å². The van der Waals surface area contributed by atoms with Gasteiger partial charge in [-0.15, -0.1) is 0 Å². The Hall–Kier alpha value is -0.380. The highest BCUT2D eigenvalue weighted by Gasteiger charge is 2.14. The predicted molar refractivity (Wildman–Crippen MR) is 85.8 cm³/mol. The number of halogens is 4. The molecular formula is C15H12Br2ClF. The lowest BCUT2D eigenvalue weighted by atomic mass is 9.94. The summed E-state index contributed by atoms with van der Waals surface area (Å²) < 4.78 is 13.7. The highest BCUT2D eigenvalue weighted by Crippen LogP contribution is 2.30. The molecular weight excluding hydrogens is 394 g/mol. The summed E-state index contributed by atoms with van der Waals surface area (Å²) in [5.41, 5.74) is 2.19. The van der Waals surface area contributed by atoms with E-state index < -0.39 is 0 Å². The van der Waals surface area contributed by atoms with Gasteiger partial charge in [0.05, 0.1) is 4.47 Å². The van der Waals surface area contributed by atoms with Gasteiger partial charge in [-0.2, -0.15) is 0 Å². The van der Waals surface area contributed by atoms with Crippen LogP contribution < -0.4 is 0 Å². The van der Waals surface area contributed by atoms with E-state index in [4.69, 9.17) is 11.6 Å². The smallest absolute Gasteiger partial charge is 0.137 e. The van der Waals surface area contributed by atoms with Crippen LogP contribution in [-0.4, -0.2) is 5.33 Å². The summed E-state index contributed by atoms with van der Waals surface area (Å²) in [7, 11) is 0. The predicted octanol–water partition coefficient (Wildman–Crippen LogP) is 5.96. The van der Waals surface area contributed by atoms with Crippen molar-refractivity contribution in [1.82, 2.24) is 0 Å².